The fraction of sp³-hybridized carbons (Fsp3) is 0.364. The largest absolute Gasteiger partial charge is 0.330 e. The monoisotopic (exact) mass is 206 g/mol. The van der Waals surface area contributed by atoms with Crippen LogP contribution in [-0.2, 0) is 0 Å². The van der Waals surface area contributed by atoms with Crippen LogP contribution in [0.3, 0.4) is 0 Å². The molecule has 0 spiro atoms. The van der Waals surface area contributed by atoms with Crippen molar-refractivity contribution in [1.29, 1.82) is 0 Å². The number of rotatable bonds is 3. The maximum atomic E-state index is 5.70. The van der Waals surface area contributed by atoms with Gasteiger partial charge < -0.3 is 5.73 Å². The van der Waals surface area contributed by atoms with Crippen LogP contribution < -0.4 is 5.73 Å². The number of hydrogen-bond donors (Lipinski definition) is 1. The molecule has 3 heteroatoms. The highest BCUT2D eigenvalue weighted by Crippen LogP contribution is 2.28. The predicted molar refractivity (Wildman–Crippen MR) is 61.7 cm³/mol. The Morgan fingerprint density at radius 2 is 2.21 bits per heavy atom. The third-order valence-electron chi connectivity index (χ3n) is 2.44. The zero-order valence-electron chi connectivity index (χ0n) is 8.23. The van der Waals surface area contributed by atoms with Gasteiger partial charge in [-0.05, 0) is 18.6 Å². The first-order valence-corrected chi connectivity index (χ1v) is 5.72. The summed E-state index contributed by atoms with van der Waals surface area (Å²) in [5, 5.41) is 1.18. The maximum Gasteiger partial charge on any atom is 0.0982 e. The first kappa shape index (κ1) is 9.62. The minimum Gasteiger partial charge on any atom is -0.330 e. The van der Waals surface area contributed by atoms with Crippen LogP contribution in [0.15, 0.2) is 24.3 Å². The second-order valence-corrected chi connectivity index (χ2v) is 4.42. The second-order valence-electron chi connectivity index (χ2n) is 3.36. The molecule has 0 aliphatic rings. The molecule has 0 radical (unpaired) electrons. The Bertz CT molecular complexity index is 385. The Hall–Kier alpha value is -0.930. The Morgan fingerprint density at radius 1 is 1.43 bits per heavy atom. The third-order valence-corrected chi connectivity index (χ3v) is 3.64. The van der Waals surface area contributed by atoms with Gasteiger partial charge in [0, 0.05) is 12.5 Å². The second kappa shape index (κ2) is 4.07. The molecule has 2 aromatic rings. The van der Waals surface area contributed by atoms with Gasteiger partial charge in [0.05, 0.1) is 15.2 Å². The molecule has 74 valence electrons. The van der Waals surface area contributed by atoms with E-state index >= 15 is 0 Å². The van der Waals surface area contributed by atoms with Crippen LogP contribution in [0.4, 0.5) is 0 Å². The standard InChI is InChI=1S/C11H14N2S/c1-2-8(7-12)11-13-9-5-3-4-6-10(9)14-11/h3-6,8H,2,7,12H2,1H3. The lowest BCUT2D eigenvalue weighted by molar-refractivity contribution is 0.671. The molecule has 14 heavy (non-hydrogen) atoms. The smallest absolute Gasteiger partial charge is 0.0982 e. The average molecular weight is 206 g/mol. The summed E-state index contributed by atoms with van der Waals surface area (Å²) in [5.74, 6) is 0.424. The predicted octanol–water partition coefficient (Wildman–Crippen LogP) is 2.75. The number of para-hydroxylation sites is 1. The van der Waals surface area contributed by atoms with Gasteiger partial charge in [-0.2, -0.15) is 0 Å². The van der Waals surface area contributed by atoms with Crippen molar-refractivity contribution in [2.75, 3.05) is 6.54 Å². The first-order chi connectivity index (χ1) is 6.85. The van der Waals surface area contributed by atoms with Crippen molar-refractivity contribution in [3.63, 3.8) is 0 Å². The van der Waals surface area contributed by atoms with Crippen LogP contribution in [0.1, 0.15) is 24.3 Å². The molecule has 2 nitrogen and oxygen atoms in total. The zero-order chi connectivity index (χ0) is 9.97. The van der Waals surface area contributed by atoms with Crippen LogP contribution in [0.25, 0.3) is 10.2 Å². The number of fused-ring (bicyclic) bond motifs is 1. The van der Waals surface area contributed by atoms with E-state index in [1.807, 2.05) is 12.1 Å². The van der Waals surface area contributed by atoms with Crippen molar-refractivity contribution in [2.45, 2.75) is 19.3 Å². The molecule has 1 heterocycles. The van der Waals surface area contributed by atoms with Crippen LogP contribution >= 0.6 is 11.3 Å². The quantitative estimate of drug-likeness (QED) is 0.838. The number of aromatic nitrogens is 1. The Labute approximate surface area is 87.8 Å². The van der Waals surface area contributed by atoms with Gasteiger partial charge in [0.25, 0.3) is 0 Å². The number of hydrogen-bond acceptors (Lipinski definition) is 3. The summed E-state index contributed by atoms with van der Waals surface area (Å²) in [6.45, 7) is 2.85. The lowest BCUT2D eigenvalue weighted by Crippen LogP contribution is -2.10. The molecule has 2 rings (SSSR count). The molecule has 0 aliphatic carbocycles. The lowest BCUT2D eigenvalue weighted by Gasteiger charge is -2.06. The van der Waals surface area contributed by atoms with E-state index in [1.54, 1.807) is 11.3 Å². The molecule has 1 atom stereocenters. The highest BCUT2D eigenvalue weighted by atomic mass is 32.1. The molecule has 1 aromatic carbocycles. The number of nitrogens with zero attached hydrogens (tertiary/aromatic N) is 1. The minimum absolute atomic E-state index is 0.424. The van der Waals surface area contributed by atoms with Gasteiger partial charge in [-0.15, -0.1) is 11.3 Å². The normalized spacial score (nSPS) is 13.3. The van der Waals surface area contributed by atoms with Crippen LogP contribution in [0.2, 0.25) is 0 Å². The van der Waals surface area contributed by atoms with Gasteiger partial charge in [0.1, 0.15) is 0 Å². The van der Waals surface area contributed by atoms with Crippen LogP contribution in [-0.4, -0.2) is 11.5 Å². The van der Waals surface area contributed by atoms with Crippen molar-refractivity contribution >= 4 is 21.6 Å². The van der Waals surface area contributed by atoms with Crippen molar-refractivity contribution in [2.24, 2.45) is 5.73 Å². The summed E-state index contributed by atoms with van der Waals surface area (Å²) < 4.78 is 1.26. The van der Waals surface area contributed by atoms with Crippen LogP contribution in [0.5, 0.6) is 0 Å². The molecule has 0 aliphatic heterocycles. The van der Waals surface area contributed by atoms with E-state index in [9.17, 15) is 0 Å². The Balaban J connectivity index is 2.43. The topological polar surface area (TPSA) is 38.9 Å². The van der Waals surface area contributed by atoms with E-state index in [2.05, 4.69) is 24.0 Å². The Morgan fingerprint density at radius 3 is 2.86 bits per heavy atom. The van der Waals surface area contributed by atoms with Crippen molar-refractivity contribution in [1.82, 2.24) is 4.98 Å². The number of thiazole rings is 1. The van der Waals surface area contributed by atoms with Crippen LogP contribution in [0, 0.1) is 0 Å². The zero-order valence-corrected chi connectivity index (χ0v) is 9.05. The van der Waals surface area contributed by atoms with E-state index < -0.39 is 0 Å². The molecule has 0 bridgehead atoms. The summed E-state index contributed by atoms with van der Waals surface area (Å²) >= 11 is 1.76. The van der Waals surface area contributed by atoms with E-state index in [0.717, 1.165) is 11.9 Å². The highest BCUT2D eigenvalue weighted by molar-refractivity contribution is 7.18. The molecular formula is C11H14N2S. The van der Waals surface area contributed by atoms with Crippen molar-refractivity contribution in [3.8, 4) is 0 Å². The summed E-state index contributed by atoms with van der Waals surface area (Å²) in [6, 6.07) is 8.24. The lowest BCUT2D eigenvalue weighted by atomic mass is 10.1. The summed E-state index contributed by atoms with van der Waals surface area (Å²) in [4.78, 5) is 4.59. The molecule has 0 saturated carbocycles. The average Bonchev–Trinajstić information content (AvgIpc) is 2.63. The van der Waals surface area contributed by atoms with E-state index in [4.69, 9.17) is 5.73 Å². The maximum absolute atomic E-state index is 5.70. The number of nitrogens with two attached hydrogens (primary N) is 1. The number of benzene rings is 1. The van der Waals surface area contributed by atoms with E-state index in [1.165, 1.54) is 9.71 Å². The fourth-order valence-corrected chi connectivity index (χ4v) is 2.67. The molecule has 2 N–H and O–H groups in total. The SMILES string of the molecule is CCC(CN)c1nc2ccccc2s1. The fourth-order valence-electron chi connectivity index (χ4n) is 1.51. The van der Waals surface area contributed by atoms with Gasteiger partial charge in [-0.3, -0.25) is 0 Å². The van der Waals surface area contributed by atoms with E-state index in [0.29, 0.717) is 12.5 Å². The highest BCUT2D eigenvalue weighted by Gasteiger charge is 2.12. The Kier molecular flexibility index (Phi) is 2.79. The minimum atomic E-state index is 0.424. The van der Waals surface area contributed by atoms with Gasteiger partial charge >= 0.3 is 0 Å². The molecule has 1 unspecified atom stereocenters. The van der Waals surface area contributed by atoms with Gasteiger partial charge in [-0.1, -0.05) is 19.1 Å². The summed E-state index contributed by atoms with van der Waals surface area (Å²) in [7, 11) is 0. The summed E-state index contributed by atoms with van der Waals surface area (Å²) in [5.41, 5.74) is 6.80. The molecule has 0 saturated heterocycles. The molecule has 0 amide bonds. The summed E-state index contributed by atoms with van der Waals surface area (Å²) in [6.07, 6.45) is 1.07. The molecular weight excluding hydrogens is 192 g/mol. The van der Waals surface area contributed by atoms with Gasteiger partial charge in [-0.25, -0.2) is 4.98 Å². The van der Waals surface area contributed by atoms with Crippen molar-refractivity contribution in [3.05, 3.63) is 29.3 Å². The van der Waals surface area contributed by atoms with Gasteiger partial charge in [0.15, 0.2) is 0 Å². The van der Waals surface area contributed by atoms with Gasteiger partial charge in [0.2, 0.25) is 0 Å². The first-order valence-electron chi connectivity index (χ1n) is 4.90. The molecule has 0 fully saturated rings. The third kappa shape index (κ3) is 1.65. The van der Waals surface area contributed by atoms with E-state index in [-0.39, 0.29) is 0 Å². The van der Waals surface area contributed by atoms with Crippen molar-refractivity contribution < 1.29 is 0 Å². The molecule has 1 aromatic heterocycles.